The molecular formula is C33H43ClN9OP. The van der Waals surface area contributed by atoms with Crippen LogP contribution in [0.3, 0.4) is 0 Å². The van der Waals surface area contributed by atoms with Crippen molar-refractivity contribution in [3.8, 4) is 5.75 Å². The second-order valence-corrected chi connectivity index (χ2v) is 14.9. The number of ether oxygens (including phenoxy) is 1. The van der Waals surface area contributed by atoms with Crippen LogP contribution in [0.15, 0.2) is 42.9 Å². The number of likely N-dealkylation sites (N-methyl/N-ethyl adjacent to an activating group) is 1. The lowest BCUT2D eigenvalue weighted by atomic mass is 9.96. The molecule has 6 rings (SSSR count). The van der Waals surface area contributed by atoms with Crippen LogP contribution in [0.1, 0.15) is 25.3 Å². The molecule has 0 unspecified atom stereocenters. The average molecular weight is 648 g/mol. The summed E-state index contributed by atoms with van der Waals surface area (Å²) in [6.07, 6.45) is 8.34. The first kappa shape index (κ1) is 31.7. The number of hydrogen-bond donors (Lipinski definition) is 2. The van der Waals surface area contributed by atoms with Crippen molar-refractivity contribution in [3.05, 3.63) is 53.4 Å². The van der Waals surface area contributed by atoms with Gasteiger partial charge < -0.3 is 25.2 Å². The fourth-order valence-electron chi connectivity index (χ4n) is 6.38. The van der Waals surface area contributed by atoms with E-state index in [9.17, 15) is 0 Å². The van der Waals surface area contributed by atoms with Gasteiger partial charge in [0.1, 0.15) is 10.8 Å². The van der Waals surface area contributed by atoms with E-state index in [0.717, 1.165) is 53.0 Å². The first-order valence-corrected chi connectivity index (χ1v) is 18.2. The van der Waals surface area contributed by atoms with E-state index >= 15 is 0 Å². The van der Waals surface area contributed by atoms with Crippen molar-refractivity contribution in [2.75, 3.05) is 76.2 Å². The monoisotopic (exact) mass is 647 g/mol. The number of benzene rings is 2. The lowest BCUT2D eigenvalue weighted by Gasteiger charge is -2.49. The maximum absolute atomic E-state index is 6.60. The largest absolute Gasteiger partial charge is 0.494 e. The van der Waals surface area contributed by atoms with Gasteiger partial charge >= 0.3 is 0 Å². The molecule has 2 N–H and O–H groups in total. The SMILES string of the molecule is CCc1cc(Nc2ncc(Cl)c(Nc3ccc4nccnc4c3P(C)C)n2)c(OC)cc1N1CCC(N2CC(N(C)C)C2)CC1. The van der Waals surface area contributed by atoms with Crippen LogP contribution in [0, 0.1) is 0 Å². The van der Waals surface area contributed by atoms with E-state index in [4.69, 9.17) is 21.3 Å². The molecule has 2 aromatic carbocycles. The molecule has 2 aliphatic rings. The van der Waals surface area contributed by atoms with Crippen LogP contribution < -0.4 is 25.6 Å². The number of fused-ring (bicyclic) bond motifs is 1. The number of nitrogens with one attached hydrogen (secondary N) is 2. The first-order valence-electron chi connectivity index (χ1n) is 15.6. The third-order valence-electron chi connectivity index (χ3n) is 9.03. The molecule has 0 saturated carbocycles. The van der Waals surface area contributed by atoms with E-state index in [1.54, 1.807) is 25.7 Å². The van der Waals surface area contributed by atoms with Crippen molar-refractivity contribution in [2.24, 2.45) is 0 Å². The van der Waals surface area contributed by atoms with Crippen molar-refractivity contribution in [1.29, 1.82) is 0 Å². The zero-order valence-electron chi connectivity index (χ0n) is 27.0. The number of anilines is 5. The number of nitrogens with zero attached hydrogens (tertiary/aromatic N) is 7. The standard InChI is InChI=1S/C33H43ClN9OP/c1-7-21-16-27(29(44-4)17-28(21)42-14-10-22(11-15-42)43-19-23(20-43)41(2)3)39-33-37-18-24(34)32(40-33)38-26-9-8-25-30(31(26)45(5)6)36-13-12-35-25/h8-9,12-13,16-18,22-23H,7,10-11,14-15,19-20H2,1-6H3,(H2,37,38,39,40). The van der Waals surface area contributed by atoms with E-state index in [-0.39, 0.29) is 0 Å². The minimum atomic E-state index is -0.491. The van der Waals surface area contributed by atoms with Gasteiger partial charge in [-0.05, 0) is 70.5 Å². The van der Waals surface area contributed by atoms with E-state index in [1.807, 2.05) is 12.1 Å². The number of likely N-dealkylation sites (tertiary alicyclic amines) is 1. The summed E-state index contributed by atoms with van der Waals surface area (Å²) in [7, 11) is 5.59. The summed E-state index contributed by atoms with van der Waals surface area (Å²) in [5, 5.41) is 8.41. The molecule has 12 heteroatoms. The Morgan fingerprint density at radius 3 is 2.47 bits per heavy atom. The Morgan fingerprint density at radius 2 is 1.78 bits per heavy atom. The van der Waals surface area contributed by atoms with Gasteiger partial charge in [-0.2, -0.15) is 4.98 Å². The van der Waals surface area contributed by atoms with E-state index < -0.39 is 7.92 Å². The number of methoxy groups -OCH3 is 1. The van der Waals surface area contributed by atoms with Crippen LogP contribution in [0.2, 0.25) is 5.02 Å². The zero-order valence-corrected chi connectivity index (χ0v) is 28.7. The molecule has 238 valence electrons. The summed E-state index contributed by atoms with van der Waals surface area (Å²) >= 11 is 6.60. The van der Waals surface area contributed by atoms with Crippen LogP contribution in [0.4, 0.5) is 28.8 Å². The molecule has 2 fully saturated rings. The molecular weight excluding hydrogens is 605 g/mol. The van der Waals surface area contributed by atoms with Crippen LogP contribution >= 0.6 is 19.5 Å². The molecule has 4 heterocycles. The molecule has 2 saturated heterocycles. The number of aromatic nitrogens is 4. The van der Waals surface area contributed by atoms with Crippen LogP contribution in [0.25, 0.3) is 11.0 Å². The fourth-order valence-corrected chi connectivity index (χ4v) is 7.73. The molecule has 0 amide bonds. The lowest BCUT2D eigenvalue weighted by molar-refractivity contribution is 0.0188. The molecule has 45 heavy (non-hydrogen) atoms. The smallest absolute Gasteiger partial charge is 0.229 e. The number of hydrogen-bond acceptors (Lipinski definition) is 10. The minimum Gasteiger partial charge on any atom is -0.494 e. The van der Waals surface area contributed by atoms with Crippen LogP contribution in [0.5, 0.6) is 5.75 Å². The molecule has 0 spiro atoms. The Morgan fingerprint density at radius 1 is 1.02 bits per heavy atom. The zero-order chi connectivity index (χ0) is 31.7. The Bertz CT molecular complexity index is 1660. The van der Waals surface area contributed by atoms with Gasteiger partial charge in [0.2, 0.25) is 5.95 Å². The molecule has 0 radical (unpaired) electrons. The highest BCUT2D eigenvalue weighted by Gasteiger charge is 2.35. The summed E-state index contributed by atoms with van der Waals surface area (Å²) in [4.78, 5) is 25.9. The summed E-state index contributed by atoms with van der Waals surface area (Å²) in [6.45, 7) is 11.1. The fraction of sp³-hybridized carbons (Fsp3) is 0.455. The van der Waals surface area contributed by atoms with Gasteiger partial charge in [-0.25, -0.2) is 4.98 Å². The highest BCUT2D eigenvalue weighted by molar-refractivity contribution is 7.65. The summed E-state index contributed by atoms with van der Waals surface area (Å²) < 4.78 is 5.89. The maximum Gasteiger partial charge on any atom is 0.229 e. The van der Waals surface area contributed by atoms with Gasteiger partial charge in [0, 0.05) is 73.4 Å². The highest BCUT2D eigenvalue weighted by Crippen LogP contribution is 2.38. The predicted molar refractivity (Wildman–Crippen MR) is 188 cm³/mol. The van der Waals surface area contributed by atoms with Gasteiger partial charge in [-0.15, -0.1) is 0 Å². The van der Waals surface area contributed by atoms with Crippen LogP contribution in [-0.4, -0.2) is 103 Å². The van der Waals surface area contributed by atoms with Gasteiger partial charge in [0.05, 0.1) is 30.0 Å². The maximum atomic E-state index is 6.60. The molecule has 0 aliphatic carbocycles. The van der Waals surface area contributed by atoms with E-state index in [1.165, 1.54) is 37.2 Å². The van der Waals surface area contributed by atoms with Gasteiger partial charge in [-0.1, -0.05) is 26.4 Å². The Balaban J connectivity index is 1.20. The Labute approximate surface area is 272 Å². The van der Waals surface area contributed by atoms with Crippen LogP contribution in [-0.2, 0) is 6.42 Å². The second-order valence-electron chi connectivity index (χ2n) is 12.2. The van der Waals surface area contributed by atoms with Crippen molar-refractivity contribution >= 4 is 64.7 Å². The van der Waals surface area contributed by atoms with Crippen molar-refractivity contribution in [1.82, 2.24) is 29.7 Å². The Hall–Kier alpha value is -3.30. The molecule has 0 bridgehead atoms. The van der Waals surface area contributed by atoms with Gasteiger partial charge in [0.25, 0.3) is 0 Å². The van der Waals surface area contributed by atoms with Gasteiger partial charge in [0.15, 0.2) is 5.82 Å². The minimum absolute atomic E-state index is 0.428. The molecule has 4 aromatic rings. The average Bonchev–Trinajstić information content (AvgIpc) is 3.01. The Kier molecular flexibility index (Phi) is 9.57. The number of piperidine rings is 1. The third-order valence-corrected chi connectivity index (χ3v) is 10.7. The number of aryl methyl sites for hydroxylation is 1. The molecule has 2 aromatic heterocycles. The van der Waals surface area contributed by atoms with Gasteiger partial charge in [-0.3, -0.25) is 14.9 Å². The topological polar surface area (TPSA) is 94.6 Å². The predicted octanol–water partition coefficient (Wildman–Crippen LogP) is 5.71. The quantitative estimate of drug-likeness (QED) is 0.208. The summed E-state index contributed by atoms with van der Waals surface area (Å²) in [6, 6.07) is 9.69. The number of halogens is 1. The molecule has 10 nitrogen and oxygen atoms in total. The van der Waals surface area contributed by atoms with E-state index in [2.05, 4.69) is 86.8 Å². The molecule has 2 aliphatic heterocycles. The van der Waals surface area contributed by atoms with E-state index in [0.29, 0.717) is 28.9 Å². The highest BCUT2D eigenvalue weighted by atomic mass is 35.5. The normalized spacial score (nSPS) is 16.4. The second kappa shape index (κ2) is 13.6. The van der Waals surface area contributed by atoms with Crippen molar-refractivity contribution < 1.29 is 4.74 Å². The van der Waals surface area contributed by atoms with Crippen molar-refractivity contribution in [2.45, 2.75) is 38.3 Å². The van der Waals surface area contributed by atoms with Crippen molar-refractivity contribution in [3.63, 3.8) is 0 Å². The molecule has 0 atom stereocenters. The number of rotatable bonds is 10. The summed E-state index contributed by atoms with van der Waals surface area (Å²) in [5.41, 5.74) is 6.00. The lowest BCUT2D eigenvalue weighted by Crippen LogP contribution is -2.62. The third kappa shape index (κ3) is 6.66. The first-order chi connectivity index (χ1) is 21.7. The summed E-state index contributed by atoms with van der Waals surface area (Å²) in [5.74, 6) is 1.70.